The van der Waals surface area contributed by atoms with Crippen molar-refractivity contribution >= 4 is 24.0 Å². The van der Waals surface area contributed by atoms with E-state index < -0.39 is 17.9 Å². The van der Waals surface area contributed by atoms with E-state index >= 15 is 0 Å². The number of benzene rings is 3. The molecule has 9 heteroatoms. The van der Waals surface area contributed by atoms with Crippen LogP contribution in [0, 0.1) is 0 Å². The van der Waals surface area contributed by atoms with Crippen LogP contribution in [0.4, 0.5) is 0 Å². The van der Waals surface area contributed by atoms with E-state index in [4.69, 9.17) is 4.74 Å². The second-order valence-electron chi connectivity index (χ2n) is 12.0. The number of hydrogen-bond acceptors (Lipinski definition) is 6. The molecule has 0 saturated heterocycles. The van der Waals surface area contributed by atoms with Crippen LogP contribution in [0.1, 0.15) is 116 Å². The highest BCUT2D eigenvalue weighted by Crippen LogP contribution is 2.22. The largest absolute Gasteiger partial charge is 0.494 e. The Balaban J connectivity index is 0.00000218. The van der Waals surface area contributed by atoms with E-state index in [9.17, 15) is 19.2 Å². The molecule has 0 aromatic heterocycles. The zero-order valence-corrected chi connectivity index (χ0v) is 30.0. The van der Waals surface area contributed by atoms with Gasteiger partial charge >= 0.3 is 0 Å². The third-order valence-electron chi connectivity index (χ3n) is 7.09. The molecule has 3 aromatic rings. The molecule has 0 fully saturated rings. The lowest BCUT2D eigenvalue weighted by atomic mass is 9.86. The van der Waals surface area contributed by atoms with Crippen molar-refractivity contribution in [1.29, 1.82) is 0 Å². The Bertz CT molecular complexity index is 1360. The number of carbonyl (C=O) groups is 4. The summed E-state index contributed by atoms with van der Waals surface area (Å²) < 4.78 is 9.98. The number of hydrogen-bond donors (Lipinski definition) is 3. The van der Waals surface area contributed by atoms with Gasteiger partial charge < -0.3 is 19.6 Å². The minimum absolute atomic E-state index is 0.0241. The summed E-state index contributed by atoms with van der Waals surface area (Å²) in [7, 11) is 3.25. The van der Waals surface area contributed by atoms with Crippen LogP contribution in [0.25, 0.3) is 0 Å². The molecule has 9 nitrogen and oxygen atoms in total. The third-order valence-corrected chi connectivity index (χ3v) is 7.09. The molecule has 0 bridgehead atoms. The normalized spacial score (nSPS) is 11.0. The van der Waals surface area contributed by atoms with Gasteiger partial charge in [-0.2, -0.15) is 0 Å². The summed E-state index contributed by atoms with van der Waals surface area (Å²) in [6.45, 7) is 13.1. The van der Waals surface area contributed by atoms with Crippen LogP contribution in [0.3, 0.4) is 0 Å². The SMILES string of the molecule is CC.CCCCCCCOc1ccc(C(=O)NNC(=O)c2ccc(CC(C=O)NC(=O)c3ccc(C(C)(C)C)cc3)cc2)cc1.COC. The molecule has 3 N–H and O–H groups in total. The number of hydrazine groups is 1. The summed E-state index contributed by atoms with van der Waals surface area (Å²) in [5, 5.41) is 2.76. The number of carbonyl (C=O) groups excluding carboxylic acids is 4. The van der Waals surface area contributed by atoms with E-state index in [1.54, 1.807) is 74.9 Å². The van der Waals surface area contributed by atoms with Gasteiger partial charge in [-0.1, -0.05) is 91.5 Å². The fraction of sp³-hybridized carbons (Fsp3) is 0.436. The fourth-order valence-corrected chi connectivity index (χ4v) is 4.41. The van der Waals surface area contributed by atoms with Gasteiger partial charge in [0, 0.05) is 30.9 Å². The van der Waals surface area contributed by atoms with Gasteiger partial charge in [-0.25, -0.2) is 0 Å². The maximum Gasteiger partial charge on any atom is 0.269 e. The number of aldehydes is 1. The van der Waals surface area contributed by atoms with Crippen molar-refractivity contribution in [2.24, 2.45) is 0 Å². The van der Waals surface area contributed by atoms with Gasteiger partial charge in [-0.3, -0.25) is 25.2 Å². The maximum atomic E-state index is 12.7. The lowest BCUT2D eigenvalue weighted by Crippen LogP contribution is -2.41. The van der Waals surface area contributed by atoms with Crippen molar-refractivity contribution in [3.05, 3.63) is 101 Å². The van der Waals surface area contributed by atoms with Crippen LogP contribution in [0.2, 0.25) is 0 Å². The van der Waals surface area contributed by atoms with Crippen molar-refractivity contribution < 1.29 is 28.7 Å². The first-order valence-electron chi connectivity index (χ1n) is 16.7. The van der Waals surface area contributed by atoms with Gasteiger partial charge in [0.05, 0.1) is 12.6 Å². The average Bonchev–Trinajstić information content (AvgIpc) is 3.09. The van der Waals surface area contributed by atoms with E-state index in [-0.39, 0.29) is 17.7 Å². The molecule has 0 heterocycles. The molecule has 3 aromatic carbocycles. The molecular weight excluding hydrogens is 606 g/mol. The van der Waals surface area contributed by atoms with E-state index in [2.05, 4.69) is 48.6 Å². The Hall–Kier alpha value is -4.50. The highest BCUT2D eigenvalue weighted by Gasteiger charge is 2.17. The van der Waals surface area contributed by atoms with Crippen molar-refractivity contribution in [1.82, 2.24) is 16.2 Å². The quantitative estimate of drug-likeness (QED) is 0.0952. The molecule has 1 atom stereocenters. The van der Waals surface area contributed by atoms with E-state index in [0.29, 0.717) is 35.3 Å². The van der Waals surface area contributed by atoms with Crippen LogP contribution in [0.15, 0.2) is 72.8 Å². The molecule has 0 saturated carbocycles. The Morgan fingerprint density at radius 2 is 1.17 bits per heavy atom. The molecule has 3 amide bonds. The predicted octanol–water partition coefficient (Wildman–Crippen LogP) is 7.24. The molecule has 0 aliphatic heterocycles. The second kappa shape index (κ2) is 22.9. The van der Waals surface area contributed by atoms with Crippen LogP contribution in [-0.4, -0.2) is 50.9 Å². The first-order chi connectivity index (χ1) is 23.0. The molecule has 0 aliphatic carbocycles. The summed E-state index contributed by atoms with van der Waals surface area (Å²) in [6, 6.07) is 20.0. The standard InChI is InChI=1S/C35H43N3O5.C2H6O.C2H6/c1-5-6-7-8-9-22-43-31-20-16-28(17-21-31)34(42)38-37-33(41)27-12-10-25(11-13-27)23-30(24-39)36-32(40)26-14-18-29(19-15-26)35(2,3)4;1-3-2;1-2/h10-21,24,30H,5-9,22-23H2,1-4H3,(H,36,40)(H,37,41)(H,38,42);1-2H3;1-2H3. The number of ether oxygens (including phenoxy) is 2. The first-order valence-corrected chi connectivity index (χ1v) is 16.7. The van der Waals surface area contributed by atoms with Gasteiger partial charge in [-0.05, 0) is 77.9 Å². The Kier molecular flexibility index (Phi) is 19.8. The minimum atomic E-state index is -0.726. The Morgan fingerprint density at radius 1 is 0.708 bits per heavy atom. The maximum absolute atomic E-state index is 12.7. The van der Waals surface area contributed by atoms with Crippen molar-refractivity contribution in [3.63, 3.8) is 0 Å². The average molecular weight is 662 g/mol. The molecule has 262 valence electrons. The molecule has 48 heavy (non-hydrogen) atoms. The number of rotatable bonds is 14. The summed E-state index contributed by atoms with van der Waals surface area (Å²) in [5.74, 6) is -0.567. The van der Waals surface area contributed by atoms with E-state index in [0.717, 1.165) is 24.0 Å². The van der Waals surface area contributed by atoms with Crippen molar-refractivity contribution in [2.75, 3.05) is 20.8 Å². The summed E-state index contributed by atoms with van der Waals surface area (Å²) in [4.78, 5) is 49.4. The first kappa shape index (κ1) is 41.5. The van der Waals surface area contributed by atoms with Crippen LogP contribution >= 0.6 is 0 Å². The summed E-state index contributed by atoms with van der Waals surface area (Å²) in [5.41, 5.74) is 7.89. The van der Waals surface area contributed by atoms with Crippen LogP contribution in [-0.2, 0) is 21.4 Å². The highest BCUT2D eigenvalue weighted by molar-refractivity contribution is 5.99. The number of unbranched alkanes of at least 4 members (excludes halogenated alkanes) is 4. The number of methoxy groups -OCH3 is 1. The van der Waals surface area contributed by atoms with Crippen molar-refractivity contribution in [3.8, 4) is 5.75 Å². The monoisotopic (exact) mass is 661 g/mol. The molecular formula is C39H55N3O6. The smallest absolute Gasteiger partial charge is 0.269 e. The minimum Gasteiger partial charge on any atom is -0.494 e. The second-order valence-corrected chi connectivity index (χ2v) is 12.0. The van der Waals surface area contributed by atoms with Gasteiger partial charge in [0.25, 0.3) is 17.7 Å². The predicted molar refractivity (Wildman–Crippen MR) is 193 cm³/mol. The molecule has 0 spiro atoms. The summed E-state index contributed by atoms with van der Waals surface area (Å²) in [6.07, 6.45) is 6.76. The molecule has 3 rings (SSSR count). The summed E-state index contributed by atoms with van der Waals surface area (Å²) >= 11 is 0. The number of nitrogens with one attached hydrogen (secondary N) is 3. The van der Waals surface area contributed by atoms with Gasteiger partial charge in [0.2, 0.25) is 0 Å². The van der Waals surface area contributed by atoms with E-state index in [1.165, 1.54) is 19.3 Å². The van der Waals surface area contributed by atoms with Crippen LogP contribution in [0.5, 0.6) is 5.75 Å². The molecule has 1 unspecified atom stereocenters. The van der Waals surface area contributed by atoms with Gasteiger partial charge in [0.15, 0.2) is 0 Å². The van der Waals surface area contributed by atoms with Gasteiger partial charge in [0.1, 0.15) is 12.0 Å². The Labute approximate surface area is 287 Å². The molecule has 0 aliphatic rings. The zero-order valence-electron chi connectivity index (χ0n) is 30.0. The lowest BCUT2D eigenvalue weighted by Gasteiger charge is -2.19. The zero-order chi connectivity index (χ0) is 36.0. The van der Waals surface area contributed by atoms with Crippen LogP contribution < -0.4 is 20.9 Å². The highest BCUT2D eigenvalue weighted by atomic mass is 16.5. The van der Waals surface area contributed by atoms with Gasteiger partial charge in [-0.15, -0.1) is 0 Å². The third kappa shape index (κ3) is 15.4. The Morgan fingerprint density at radius 3 is 1.65 bits per heavy atom. The fourth-order valence-electron chi connectivity index (χ4n) is 4.41. The topological polar surface area (TPSA) is 123 Å². The molecule has 0 radical (unpaired) electrons. The number of amides is 3. The lowest BCUT2D eigenvalue weighted by molar-refractivity contribution is -0.109. The van der Waals surface area contributed by atoms with E-state index in [1.807, 2.05) is 26.0 Å². The van der Waals surface area contributed by atoms with Crippen molar-refractivity contribution in [2.45, 2.75) is 91.5 Å².